The van der Waals surface area contributed by atoms with Crippen molar-refractivity contribution >= 4 is 11.8 Å². The predicted molar refractivity (Wildman–Crippen MR) is 76.6 cm³/mol. The summed E-state index contributed by atoms with van der Waals surface area (Å²) in [5, 5.41) is 3.66. The van der Waals surface area contributed by atoms with Gasteiger partial charge in [-0.05, 0) is 35.9 Å². The lowest BCUT2D eigenvalue weighted by molar-refractivity contribution is 0.366. The first-order valence-electron chi connectivity index (χ1n) is 6.07. The average molecular weight is 265 g/mol. The third-order valence-corrected chi connectivity index (χ3v) is 4.97. The van der Waals surface area contributed by atoms with Crippen LogP contribution in [0.15, 0.2) is 23.4 Å². The fourth-order valence-electron chi connectivity index (χ4n) is 2.82. The quantitative estimate of drug-likeness (QED) is 0.786. The van der Waals surface area contributed by atoms with Gasteiger partial charge in [-0.1, -0.05) is 25.1 Å². The van der Waals surface area contributed by atoms with Crippen LogP contribution in [-0.2, 0) is 11.8 Å². The second kappa shape index (κ2) is 4.92. The van der Waals surface area contributed by atoms with Gasteiger partial charge in [0.25, 0.3) is 0 Å². The van der Waals surface area contributed by atoms with Crippen LogP contribution in [0.4, 0.5) is 0 Å². The van der Waals surface area contributed by atoms with Crippen molar-refractivity contribution in [3.05, 3.63) is 34.2 Å². The van der Waals surface area contributed by atoms with Crippen LogP contribution in [0, 0.1) is 4.91 Å². The Morgan fingerprint density at radius 2 is 2.17 bits per heavy atom. The maximum Gasteiger partial charge on any atom is 0.119 e. The van der Waals surface area contributed by atoms with Crippen LogP contribution < -0.4 is 4.74 Å². The zero-order valence-corrected chi connectivity index (χ0v) is 12.1. The van der Waals surface area contributed by atoms with Crippen molar-refractivity contribution in [3.63, 3.8) is 0 Å². The second-order valence-corrected chi connectivity index (χ2v) is 6.35. The molecule has 0 fully saturated rings. The number of nitroso groups, excluding NO2 is 1. The van der Waals surface area contributed by atoms with Crippen molar-refractivity contribution in [1.29, 1.82) is 0 Å². The van der Waals surface area contributed by atoms with Gasteiger partial charge in [-0.25, -0.2) is 0 Å². The van der Waals surface area contributed by atoms with E-state index in [1.54, 1.807) is 18.9 Å². The highest BCUT2D eigenvalue weighted by Gasteiger charge is 2.43. The molecule has 98 valence electrons. The molecule has 18 heavy (non-hydrogen) atoms. The number of benzene rings is 1. The molecule has 1 aliphatic carbocycles. The highest BCUT2D eigenvalue weighted by Crippen LogP contribution is 2.43. The van der Waals surface area contributed by atoms with Crippen molar-refractivity contribution in [2.45, 2.75) is 37.0 Å². The number of methoxy groups -OCH3 is 1. The van der Waals surface area contributed by atoms with Gasteiger partial charge in [-0.3, -0.25) is 0 Å². The van der Waals surface area contributed by atoms with Crippen LogP contribution in [0.1, 0.15) is 25.0 Å². The molecule has 0 N–H and O–H groups in total. The first-order chi connectivity index (χ1) is 8.54. The summed E-state index contributed by atoms with van der Waals surface area (Å²) in [6.45, 7) is 4.19. The topological polar surface area (TPSA) is 38.7 Å². The molecule has 1 aliphatic rings. The largest absolute Gasteiger partial charge is 0.497 e. The number of hydrogen-bond acceptors (Lipinski definition) is 4. The predicted octanol–water partition coefficient (Wildman–Crippen LogP) is 3.40. The highest BCUT2D eigenvalue weighted by molar-refractivity contribution is 7.99. The van der Waals surface area contributed by atoms with Crippen molar-refractivity contribution in [2.75, 3.05) is 13.4 Å². The Bertz CT molecular complexity index is 459. The van der Waals surface area contributed by atoms with Crippen LogP contribution in [-0.4, -0.2) is 24.7 Å². The lowest BCUT2D eigenvalue weighted by Gasteiger charge is -2.40. The summed E-state index contributed by atoms with van der Waals surface area (Å²) in [4.78, 5) is 11.2. The van der Waals surface area contributed by atoms with Gasteiger partial charge in [-0.2, -0.15) is 16.7 Å². The number of thioether (sulfide) groups is 1. The molecule has 0 aromatic heterocycles. The normalized spacial score (nSPS) is 25.3. The van der Waals surface area contributed by atoms with Crippen LogP contribution >= 0.6 is 11.8 Å². The molecule has 0 amide bonds. The van der Waals surface area contributed by atoms with Gasteiger partial charge < -0.3 is 4.74 Å². The molecule has 0 bridgehead atoms. The van der Waals surface area contributed by atoms with E-state index in [9.17, 15) is 4.91 Å². The lowest BCUT2D eigenvalue weighted by atomic mass is 9.69. The Morgan fingerprint density at radius 3 is 2.72 bits per heavy atom. The van der Waals surface area contributed by atoms with Gasteiger partial charge in [0.2, 0.25) is 0 Å². The SMILES string of the molecule is COc1ccc2c(c1)C(C)(C)C(N=O)C(SC)C2. The molecule has 1 aromatic rings. The van der Waals surface area contributed by atoms with Crippen molar-refractivity contribution in [3.8, 4) is 5.75 Å². The lowest BCUT2D eigenvalue weighted by Crippen LogP contribution is -2.45. The highest BCUT2D eigenvalue weighted by atomic mass is 32.2. The van der Waals surface area contributed by atoms with Crippen molar-refractivity contribution in [1.82, 2.24) is 0 Å². The van der Waals surface area contributed by atoms with Crippen LogP contribution in [0.3, 0.4) is 0 Å². The van der Waals surface area contributed by atoms with Crippen molar-refractivity contribution in [2.24, 2.45) is 5.18 Å². The van der Waals surface area contributed by atoms with E-state index >= 15 is 0 Å². The number of nitrogens with zero attached hydrogens (tertiary/aromatic N) is 1. The average Bonchev–Trinajstić information content (AvgIpc) is 2.37. The zero-order valence-electron chi connectivity index (χ0n) is 11.3. The molecular formula is C14H19NO2S. The molecule has 1 aromatic carbocycles. The van der Waals surface area contributed by atoms with Crippen molar-refractivity contribution < 1.29 is 4.74 Å². The van der Waals surface area contributed by atoms with E-state index in [0.29, 0.717) is 0 Å². The van der Waals surface area contributed by atoms with Gasteiger partial charge >= 0.3 is 0 Å². The summed E-state index contributed by atoms with van der Waals surface area (Å²) in [7, 11) is 1.66. The molecule has 4 heteroatoms. The third-order valence-electron chi connectivity index (χ3n) is 3.94. The summed E-state index contributed by atoms with van der Waals surface area (Å²) in [5.74, 6) is 0.842. The molecule has 0 heterocycles. The Hall–Kier alpha value is -1.03. The summed E-state index contributed by atoms with van der Waals surface area (Å²) in [6, 6.07) is 5.96. The molecule has 2 rings (SSSR count). The smallest absolute Gasteiger partial charge is 0.119 e. The summed E-state index contributed by atoms with van der Waals surface area (Å²) in [6.07, 6.45) is 2.95. The van der Waals surface area contributed by atoms with E-state index in [4.69, 9.17) is 4.74 Å². The summed E-state index contributed by atoms with van der Waals surface area (Å²) < 4.78 is 5.28. The van der Waals surface area contributed by atoms with E-state index < -0.39 is 0 Å². The molecule has 3 nitrogen and oxygen atoms in total. The minimum atomic E-state index is -0.239. The third kappa shape index (κ3) is 2.03. The number of ether oxygens (including phenoxy) is 1. The number of fused-ring (bicyclic) bond motifs is 1. The fraction of sp³-hybridized carbons (Fsp3) is 0.571. The van der Waals surface area contributed by atoms with Gasteiger partial charge in [0.1, 0.15) is 11.8 Å². The Kier molecular flexibility index (Phi) is 3.66. The Labute approximate surface area is 112 Å². The van der Waals surface area contributed by atoms with E-state index in [1.807, 2.05) is 18.4 Å². The Balaban J connectivity index is 2.53. The fourth-order valence-corrected chi connectivity index (χ4v) is 3.82. The minimum Gasteiger partial charge on any atom is -0.497 e. The number of rotatable bonds is 3. The molecule has 0 saturated carbocycles. The van der Waals surface area contributed by atoms with Gasteiger partial charge in [0.05, 0.1) is 7.11 Å². The van der Waals surface area contributed by atoms with Crippen LogP contribution in [0.2, 0.25) is 0 Å². The van der Waals surface area contributed by atoms with Crippen LogP contribution in [0.25, 0.3) is 0 Å². The van der Waals surface area contributed by atoms with E-state index in [0.717, 1.165) is 12.2 Å². The zero-order chi connectivity index (χ0) is 13.3. The molecule has 2 unspecified atom stereocenters. The maximum absolute atomic E-state index is 11.2. The van der Waals surface area contributed by atoms with Gasteiger partial charge in [0.15, 0.2) is 0 Å². The molecule has 2 atom stereocenters. The van der Waals surface area contributed by atoms with Gasteiger partial charge in [-0.15, -0.1) is 0 Å². The second-order valence-electron chi connectivity index (χ2n) is 5.27. The first-order valence-corrected chi connectivity index (χ1v) is 7.36. The minimum absolute atomic E-state index is 0.188. The molecular weight excluding hydrogens is 246 g/mol. The molecule has 0 radical (unpaired) electrons. The van der Waals surface area contributed by atoms with E-state index in [2.05, 4.69) is 25.1 Å². The first kappa shape index (κ1) is 13.4. The molecule has 0 saturated heterocycles. The van der Waals surface area contributed by atoms with E-state index in [-0.39, 0.29) is 16.7 Å². The number of hydrogen-bond donors (Lipinski definition) is 0. The van der Waals surface area contributed by atoms with E-state index in [1.165, 1.54) is 11.1 Å². The van der Waals surface area contributed by atoms with Crippen LogP contribution in [0.5, 0.6) is 5.75 Å². The summed E-state index contributed by atoms with van der Waals surface area (Å²) >= 11 is 1.73. The maximum atomic E-state index is 11.2. The monoisotopic (exact) mass is 265 g/mol. The standard InChI is InChI=1S/C14H19NO2S/c1-14(2)11-8-10(17-3)6-5-9(11)7-12(18-4)13(14)15-16/h5-6,8,12-13H,7H2,1-4H3. The molecule has 0 aliphatic heterocycles. The Morgan fingerprint density at radius 1 is 1.44 bits per heavy atom. The molecule has 0 spiro atoms. The van der Waals surface area contributed by atoms with Gasteiger partial charge in [0, 0.05) is 10.7 Å². The summed E-state index contributed by atoms with van der Waals surface area (Å²) in [5.41, 5.74) is 2.26.